The minimum atomic E-state index is -0.106. The fourth-order valence-corrected chi connectivity index (χ4v) is 1.55. The summed E-state index contributed by atoms with van der Waals surface area (Å²) in [7, 11) is 1.80. The van der Waals surface area contributed by atoms with E-state index in [9.17, 15) is 4.79 Å². The molecule has 0 aliphatic carbocycles. The molecule has 1 aromatic carbocycles. The van der Waals surface area contributed by atoms with Crippen LogP contribution in [0.3, 0.4) is 0 Å². The van der Waals surface area contributed by atoms with E-state index in [-0.39, 0.29) is 5.91 Å². The normalized spacial score (nSPS) is 10.2. The molecule has 0 radical (unpaired) electrons. The molecule has 0 spiro atoms. The second kappa shape index (κ2) is 4.82. The maximum Gasteiger partial charge on any atom is 0.269 e. The summed E-state index contributed by atoms with van der Waals surface area (Å²) < 4.78 is 1.70. The molecule has 0 bridgehead atoms. The van der Waals surface area contributed by atoms with Crippen molar-refractivity contribution in [3.05, 3.63) is 53.6 Å². The van der Waals surface area contributed by atoms with Gasteiger partial charge in [0.1, 0.15) is 5.69 Å². The second-order valence-corrected chi connectivity index (χ2v) is 4.06. The maximum atomic E-state index is 11.8. The molecule has 0 saturated heterocycles. The molecule has 0 saturated carbocycles. The predicted octanol–water partition coefficient (Wildman–Crippen LogP) is 1.66. The molecule has 4 heteroatoms. The van der Waals surface area contributed by atoms with Crippen LogP contribution in [0.5, 0.6) is 0 Å². The smallest absolute Gasteiger partial charge is 0.269 e. The highest BCUT2D eigenvalue weighted by molar-refractivity contribution is 5.92. The molecule has 17 heavy (non-hydrogen) atoms. The van der Waals surface area contributed by atoms with E-state index in [1.165, 1.54) is 5.56 Å². The Bertz CT molecular complexity index is 514. The van der Waals surface area contributed by atoms with Crippen molar-refractivity contribution >= 4 is 5.91 Å². The summed E-state index contributed by atoms with van der Waals surface area (Å²) in [6.07, 6.45) is 3.17. The highest BCUT2D eigenvalue weighted by atomic mass is 16.1. The number of nitrogens with zero attached hydrogens (tertiary/aromatic N) is 2. The van der Waals surface area contributed by atoms with Gasteiger partial charge in [0, 0.05) is 13.6 Å². The molecular weight excluding hydrogens is 214 g/mol. The molecule has 2 aromatic rings. The van der Waals surface area contributed by atoms with Crippen molar-refractivity contribution in [1.82, 2.24) is 14.9 Å². The van der Waals surface area contributed by atoms with Gasteiger partial charge in [0.25, 0.3) is 5.91 Å². The maximum absolute atomic E-state index is 11.8. The number of aromatic nitrogens is 2. The number of nitrogens with one attached hydrogen (secondary N) is 1. The number of rotatable bonds is 3. The van der Waals surface area contributed by atoms with E-state index in [0.717, 1.165) is 5.56 Å². The van der Waals surface area contributed by atoms with Gasteiger partial charge < -0.3 is 9.88 Å². The summed E-state index contributed by atoms with van der Waals surface area (Å²) in [5.74, 6) is -0.106. The van der Waals surface area contributed by atoms with Crippen LogP contribution in [-0.4, -0.2) is 15.5 Å². The first kappa shape index (κ1) is 11.4. The van der Waals surface area contributed by atoms with E-state index < -0.39 is 0 Å². The molecule has 1 aromatic heterocycles. The van der Waals surface area contributed by atoms with E-state index in [1.807, 2.05) is 31.2 Å². The van der Waals surface area contributed by atoms with E-state index in [0.29, 0.717) is 12.2 Å². The third-order valence-electron chi connectivity index (χ3n) is 2.62. The largest absolute Gasteiger partial charge is 0.347 e. The van der Waals surface area contributed by atoms with Crippen LogP contribution < -0.4 is 5.32 Å². The molecule has 1 N–H and O–H groups in total. The minimum absolute atomic E-state index is 0.106. The van der Waals surface area contributed by atoms with Gasteiger partial charge in [0.05, 0.1) is 12.5 Å². The van der Waals surface area contributed by atoms with Crippen LogP contribution in [0.25, 0.3) is 0 Å². The summed E-state index contributed by atoms with van der Waals surface area (Å²) in [4.78, 5) is 15.7. The lowest BCUT2D eigenvalue weighted by atomic mass is 10.1. The average Bonchev–Trinajstić information content (AvgIpc) is 2.74. The lowest BCUT2D eigenvalue weighted by molar-refractivity contribution is 0.0943. The average molecular weight is 229 g/mol. The SMILES string of the molecule is Cc1ccc(CNC(=O)c2cncn2C)cc1. The van der Waals surface area contributed by atoms with Gasteiger partial charge in [-0.3, -0.25) is 4.79 Å². The first-order valence-electron chi connectivity index (χ1n) is 5.47. The zero-order valence-electron chi connectivity index (χ0n) is 9.97. The summed E-state index contributed by atoms with van der Waals surface area (Å²) in [6, 6.07) is 8.09. The molecule has 0 aliphatic rings. The van der Waals surface area contributed by atoms with Crippen molar-refractivity contribution in [2.75, 3.05) is 0 Å². The van der Waals surface area contributed by atoms with Gasteiger partial charge in [-0.25, -0.2) is 4.98 Å². The fourth-order valence-electron chi connectivity index (χ4n) is 1.55. The van der Waals surface area contributed by atoms with E-state index >= 15 is 0 Å². The summed E-state index contributed by atoms with van der Waals surface area (Å²) in [6.45, 7) is 2.57. The van der Waals surface area contributed by atoms with Gasteiger partial charge in [0.15, 0.2) is 0 Å². The highest BCUT2D eigenvalue weighted by Gasteiger charge is 2.08. The Hall–Kier alpha value is -2.10. The van der Waals surface area contributed by atoms with Crippen molar-refractivity contribution < 1.29 is 4.79 Å². The zero-order chi connectivity index (χ0) is 12.3. The van der Waals surface area contributed by atoms with Crippen LogP contribution >= 0.6 is 0 Å². The standard InChI is InChI=1S/C13H15N3O/c1-10-3-5-11(6-4-10)7-15-13(17)12-8-14-9-16(12)2/h3-6,8-9H,7H2,1-2H3,(H,15,17). The van der Waals surface area contributed by atoms with Gasteiger partial charge in [-0.05, 0) is 12.5 Å². The molecular formula is C13H15N3O. The fraction of sp³-hybridized carbons (Fsp3) is 0.231. The number of hydrogen-bond acceptors (Lipinski definition) is 2. The summed E-state index contributed by atoms with van der Waals surface area (Å²) in [5, 5.41) is 2.86. The summed E-state index contributed by atoms with van der Waals surface area (Å²) in [5.41, 5.74) is 2.87. The number of benzene rings is 1. The summed E-state index contributed by atoms with van der Waals surface area (Å²) >= 11 is 0. The Labute approximate surface area is 100 Å². The lowest BCUT2D eigenvalue weighted by Gasteiger charge is -2.05. The molecule has 88 valence electrons. The number of imidazole rings is 1. The quantitative estimate of drug-likeness (QED) is 0.870. The van der Waals surface area contributed by atoms with E-state index in [4.69, 9.17) is 0 Å². The Morgan fingerprint density at radius 1 is 1.35 bits per heavy atom. The van der Waals surface area contributed by atoms with E-state index in [2.05, 4.69) is 10.3 Å². The van der Waals surface area contributed by atoms with Crippen molar-refractivity contribution in [1.29, 1.82) is 0 Å². The lowest BCUT2D eigenvalue weighted by Crippen LogP contribution is -2.24. The third kappa shape index (κ3) is 2.72. The van der Waals surface area contributed by atoms with Crippen molar-refractivity contribution in [2.24, 2.45) is 7.05 Å². The first-order valence-corrected chi connectivity index (χ1v) is 5.47. The van der Waals surface area contributed by atoms with Crippen molar-refractivity contribution in [3.63, 3.8) is 0 Å². The van der Waals surface area contributed by atoms with Gasteiger partial charge in [-0.2, -0.15) is 0 Å². The molecule has 1 amide bonds. The first-order chi connectivity index (χ1) is 8.16. The molecule has 0 unspecified atom stereocenters. The van der Waals surface area contributed by atoms with Crippen molar-refractivity contribution in [2.45, 2.75) is 13.5 Å². The third-order valence-corrected chi connectivity index (χ3v) is 2.62. The van der Waals surface area contributed by atoms with E-state index in [1.54, 1.807) is 24.1 Å². The number of amides is 1. The van der Waals surface area contributed by atoms with Gasteiger partial charge in [0.2, 0.25) is 0 Å². The number of carbonyl (C=O) groups excluding carboxylic acids is 1. The molecule has 2 rings (SSSR count). The monoisotopic (exact) mass is 229 g/mol. The topological polar surface area (TPSA) is 46.9 Å². The number of hydrogen-bond donors (Lipinski definition) is 1. The Morgan fingerprint density at radius 2 is 2.06 bits per heavy atom. The highest BCUT2D eigenvalue weighted by Crippen LogP contribution is 2.03. The molecule has 0 fully saturated rings. The van der Waals surface area contributed by atoms with Crippen LogP contribution in [0.2, 0.25) is 0 Å². The minimum Gasteiger partial charge on any atom is -0.347 e. The van der Waals surface area contributed by atoms with Crippen LogP contribution in [0.4, 0.5) is 0 Å². The predicted molar refractivity (Wildman–Crippen MR) is 65.6 cm³/mol. The van der Waals surface area contributed by atoms with Crippen LogP contribution in [0.1, 0.15) is 21.6 Å². The van der Waals surface area contributed by atoms with Crippen LogP contribution in [0.15, 0.2) is 36.8 Å². The Kier molecular flexibility index (Phi) is 3.23. The second-order valence-electron chi connectivity index (χ2n) is 4.06. The molecule has 1 heterocycles. The van der Waals surface area contributed by atoms with Gasteiger partial charge >= 0.3 is 0 Å². The Balaban J connectivity index is 1.97. The van der Waals surface area contributed by atoms with Crippen LogP contribution in [-0.2, 0) is 13.6 Å². The van der Waals surface area contributed by atoms with Crippen LogP contribution in [0, 0.1) is 6.92 Å². The number of carbonyl (C=O) groups is 1. The Morgan fingerprint density at radius 3 is 2.65 bits per heavy atom. The molecule has 4 nitrogen and oxygen atoms in total. The van der Waals surface area contributed by atoms with Crippen molar-refractivity contribution in [3.8, 4) is 0 Å². The van der Waals surface area contributed by atoms with Gasteiger partial charge in [-0.15, -0.1) is 0 Å². The molecule has 0 aliphatic heterocycles. The zero-order valence-corrected chi connectivity index (χ0v) is 9.97. The molecule has 0 atom stereocenters. The van der Waals surface area contributed by atoms with Gasteiger partial charge in [-0.1, -0.05) is 29.8 Å². The number of aryl methyl sites for hydroxylation is 2.